The molecule has 0 bridgehead atoms. The van der Waals surface area contributed by atoms with Crippen LogP contribution in [0.1, 0.15) is 32.1 Å². The third-order valence-electron chi connectivity index (χ3n) is 4.42. The van der Waals surface area contributed by atoms with Gasteiger partial charge in [-0.15, -0.1) is 11.8 Å². The Labute approximate surface area is 124 Å². The first-order valence-corrected chi connectivity index (χ1v) is 8.47. The highest BCUT2D eigenvalue weighted by molar-refractivity contribution is 8.00. The predicted molar refractivity (Wildman–Crippen MR) is 82.9 cm³/mol. The molecule has 1 amide bonds. The minimum absolute atomic E-state index is 0.167. The van der Waals surface area contributed by atoms with Gasteiger partial charge in [0, 0.05) is 16.5 Å². The summed E-state index contributed by atoms with van der Waals surface area (Å²) < 4.78 is 0. The summed E-state index contributed by atoms with van der Waals surface area (Å²) in [5.74, 6) is 0.682. The second-order valence-electron chi connectivity index (χ2n) is 5.92. The summed E-state index contributed by atoms with van der Waals surface area (Å²) in [7, 11) is 0. The fourth-order valence-corrected chi connectivity index (χ4v) is 3.93. The Balaban J connectivity index is 1.44. The molecule has 1 saturated carbocycles. The monoisotopic (exact) mass is 290 g/mol. The van der Waals surface area contributed by atoms with Crippen LogP contribution in [0.3, 0.4) is 0 Å². The Morgan fingerprint density at radius 2 is 2.15 bits per heavy atom. The SMILES string of the molecule is O=C(CSc1ccccc1)NC1CCNC2(CCC2)C1. The number of amides is 1. The molecule has 1 aliphatic heterocycles. The second-order valence-corrected chi connectivity index (χ2v) is 6.97. The van der Waals surface area contributed by atoms with E-state index in [1.807, 2.05) is 30.3 Å². The van der Waals surface area contributed by atoms with Crippen molar-refractivity contribution in [3.05, 3.63) is 30.3 Å². The third-order valence-corrected chi connectivity index (χ3v) is 5.43. The zero-order valence-electron chi connectivity index (χ0n) is 11.7. The molecule has 1 aromatic rings. The number of carbonyl (C=O) groups excluding carboxylic acids is 1. The number of rotatable bonds is 4. The summed E-state index contributed by atoms with van der Waals surface area (Å²) in [6.07, 6.45) is 6.05. The molecule has 2 N–H and O–H groups in total. The number of piperidine rings is 1. The summed E-state index contributed by atoms with van der Waals surface area (Å²) in [6.45, 7) is 1.04. The van der Waals surface area contributed by atoms with Crippen LogP contribution in [0.25, 0.3) is 0 Å². The van der Waals surface area contributed by atoms with Crippen LogP contribution in [0, 0.1) is 0 Å². The molecule has 1 aromatic carbocycles. The quantitative estimate of drug-likeness (QED) is 0.837. The van der Waals surface area contributed by atoms with E-state index < -0.39 is 0 Å². The maximum atomic E-state index is 12.0. The molecule has 1 unspecified atom stereocenters. The molecule has 1 saturated heterocycles. The molecule has 0 radical (unpaired) electrons. The summed E-state index contributed by atoms with van der Waals surface area (Å²) in [5, 5.41) is 6.85. The van der Waals surface area contributed by atoms with Crippen molar-refractivity contribution in [3.8, 4) is 0 Å². The van der Waals surface area contributed by atoms with Crippen molar-refractivity contribution >= 4 is 17.7 Å². The molecule has 0 aromatic heterocycles. The van der Waals surface area contributed by atoms with Crippen molar-refractivity contribution in [2.24, 2.45) is 0 Å². The van der Waals surface area contributed by atoms with Gasteiger partial charge in [0.05, 0.1) is 5.75 Å². The average Bonchev–Trinajstić information content (AvgIpc) is 2.45. The van der Waals surface area contributed by atoms with Gasteiger partial charge >= 0.3 is 0 Å². The molecular formula is C16H22N2OS. The lowest BCUT2D eigenvalue weighted by atomic mass is 9.70. The van der Waals surface area contributed by atoms with Crippen molar-refractivity contribution in [1.82, 2.24) is 10.6 Å². The van der Waals surface area contributed by atoms with Gasteiger partial charge in [0.1, 0.15) is 0 Å². The van der Waals surface area contributed by atoms with E-state index in [0.29, 0.717) is 17.3 Å². The Hall–Kier alpha value is -1.00. The maximum absolute atomic E-state index is 12.0. The topological polar surface area (TPSA) is 41.1 Å². The summed E-state index contributed by atoms with van der Waals surface area (Å²) in [6, 6.07) is 10.5. The Kier molecular flexibility index (Phi) is 4.32. The lowest BCUT2D eigenvalue weighted by Crippen LogP contribution is -2.59. The molecule has 1 spiro atoms. The van der Waals surface area contributed by atoms with Gasteiger partial charge in [-0.1, -0.05) is 18.2 Å². The Morgan fingerprint density at radius 1 is 1.35 bits per heavy atom. The molecule has 2 aliphatic rings. The predicted octanol–water partition coefficient (Wildman–Crippen LogP) is 2.57. The van der Waals surface area contributed by atoms with Crippen LogP contribution in [-0.4, -0.2) is 29.8 Å². The average molecular weight is 290 g/mol. The molecule has 20 heavy (non-hydrogen) atoms. The van der Waals surface area contributed by atoms with Crippen LogP contribution in [-0.2, 0) is 4.79 Å². The summed E-state index contributed by atoms with van der Waals surface area (Å²) >= 11 is 1.61. The molecule has 3 rings (SSSR count). The summed E-state index contributed by atoms with van der Waals surface area (Å²) in [4.78, 5) is 13.2. The van der Waals surface area contributed by atoms with Gasteiger partial charge < -0.3 is 10.6 Å². The van der Waals surface area contributed by atoms with E-state index in [1.165, 1.54) is 19.3 Å². The lowest BCUT2D eigenvalue weighted by molar-refractivity contribution is -0.119. The van der Waals surface area contributed by atoms with Gasteiger partial charge in [0.15, 0.2) is 0 Å². The van der Waals surface area contributed by atoms with Gasteiger partial charge in [-0.05, 0) is 50.8 Å². The van der Waals surface area contributed by atoms with Crippen LogP contribution in [0.15, 0.2) is 35.2 Å². The van der Waals surface area contributed by atoms with Crippen LogP contribution < -0.4 is 10.6 Å². The Morgan fingerprint density at radius 3 is 2.85 bits per heavy atom. The van der Waals surface area contributed by atoms with Gasteiger partial charge in [-0.25, -0.2) is 0 Å². The van der Waals surface area contributed by atoms with Crippen LogP contribution in [0.4, 0.5) is 0 Å². The van der Waals surface area contributed by atoms with E-state index in [0.717, 1.165) is 24.3 Å². The number of carbonyl (C=O) groups is 1. The largest absolute Gasteiger partial charge is 0.353 e. The molecule has 2 fully saturated rings. The molecular weight excluding hydrogens is 268 g/mol. The maximum Gasteiger partial charge on any atom is 0.230 e. The number of nitrogens with one attached hydrogen (secondary N) is 2. The third kappa shape index (κ3) is 3.36. The fraction of sp³-hybridized carbons (Fsp3) is 0.562. The van der Waals surface area contributed by atoms with Crippen molar-refractivity contribution in [3.63, 3.8) is 0 Å². The van der Waals surface area contributed by atoms with E-state index in [1.54, 1.807) is 11.8 Å². The van der Waals surface area contributed by atoms with E-state index >= 15 is 0 Å². The molecule has 108 valence electrons. The van der Waals surface area contributed by atoms with Gasteiger partial charge in [-0.2, -0.15) is 0 Å². The van der Waals surface area contributed by atoms with Crippen LogP contribution in [0.2, 0.25) is 0 Å². The second kappa shape index (κ2) is 6.19. The van der Waals surface area contributed by atoms with E-state index in [4.69, 9.17) is 0 Å². The first-order chi connectivity index (χ1) is 9.76. The lowest BCUT2D eigenvalue weighted by Gasteiger charge is -2.48. The minimum atomic E-state index is 0.167. The highest BCUT2D eigenvalue weighted by atomic mass is 32.2. The highest BCUT2D eigenvalue weighted by Crippen LogP contribution is 2.38. The number of thioether (sulfide) groups is 1. The first kappa shape index (κ1) is 14.0. The van der Waals surface area contributed by atoms with Crippen molar-refractivity contribution in [1.29, 1.82) is 0 Å². The van der Waals surface area contributed by atoms with Gasteiger partial charge in [0.25, 0.3) is 0 Å². The Bertz CT molecular complexity index is 459. The highest BCUT2D eigenvalue weighted by Gasteiger charge is 2.41. The van der Waals surface area contributed by atoms with Gasteiger partial charge in [-0.3, -0.25) is 4.79 Å². The van der Waals surface area contributed by atoms with Crippen LogP contribution >= 0.6 is 11.8 Å². The van der Waals surface area contributed by atoms with E-state index in [9.17, 15) is 4.79 Å². The molecule has 4 heteroatoms. The minimum Gasteiger partial charge on any atom is -0.353 e. The van der Waals surface area contributed by atoms with Crippen molar-refractivity contribution in [2.75, 3.05) is 12.3 Å². The molecule has 3 nitrogen and oxygen atoms in total. The van der Waals surface area contributed by atoms with Crippen LogP contribution in [0.5, 0.6) is 0 Å². The molecule has 1 heterocycles. The number of benzene rings is 1. The first-order valence-electron chi connectivity index (χ1n) is 7.48. The van der Waals surface area contributed by atoms with E-state index in [2.05, 4.69) is 10.6 Å². The number of hydrogen-bond acceptors (Lipinski definition) is 3. The molecule has 1 aliphatic carbocycles. The molecule has 1 atom stereocenters. The van der Waals surface area contributed by atoms with Crippen molar-refractivity contribution in [2.45, 2.75) is 48.6 Å². The standard InChI is InChI=1S/C16H22N2OS/c19-15(12-20-14-5-2-1-3-6-14)18-13-7-10-17-16(11-13)8-4-9-16/h1-3,5-6,13,17H,4,7-12H2,(H,18,19). The number of hydrogen-bond donors (Lipinski definition) is 2. The van der Waals surface area contributed by atoms with E-state index in [-0.39, 0.29) is 5.91 Å². The summed E-state index contributed by atoms with van der Waals surface area (Å²) in [5.41, 5.74) is 0.350. The smallest absolute Gasteiger partial charge is 0.230 e. The van der Waals surface area contributed by atoms with Gasteiger partial charge in [0.2, 0.25) is 5.91 Å². The zero-order chi connectivity index (χ0) is 13.8. The fourth-order valence-electron chi connectivity index (χ4n) is 3.20. The zero-order valence-corrected chi connectivity index (χ0v) is 12.5. The normalized spacial score (nSPS) is 24.1. The van der Waals surface area contributed by atoms with Crippen molar-refractivity contribution < 1.29 is 4.79 Å².